The normalized spacial score (nSPS) is 8.44. The highest BCUT2D eigenvalue weighted by Crippen LogP contribution is 1.90. The van der Waals surface area contributed by atoms with Crippen LogP contribution in [0.25, 0.3) is 0 Å². The molecule has 0 spiro atoms. The summed E-state index contributed by atoms with van der Waals surface area (Å²) in [6.45, 7) is 7.36. The molecule has 3 N–H and O–H groups in total. The molecular formula is C13H27N3O2. The van der Waals surface area contributed by atoms with E-state index in [0.29, 0.717) is 37.4 Å². The second-order valence-electron chi connectivity index (χ2n) is 4.07. The zero-order chi connectivity index (χ0) is 13.8. The van der Waals surface area contributed by atoms with E-state index >= 15 is 0 Å². The zero-order valence-corrected chi connectivity index (χ0v) is 11.1. The van der Waals surface area contributed by atoms with Crippen molar-refractivity contribution in [3.05, 3.63) is 0 Å². The zero-order valence-electron chi connectivity index (χ0n) is 11.1. The summed E-state index contributed by atoms with van der Waals surface area (Å²) < 4.78 is 0. The van der Waals surface area contributed by atoms with E-state index in [1.54, 1.807) is 20.8 Å². The summed E-state index contributed by atoms with van der Waals surface area (Å²) in [5, 5.41) is 16.7. The molecule has 0 rings (SSSR count). The van der Waals surface area contributed by atoms with Gasteiger partial charge in [0.05, 0.1) is 6.54 Å². The number of hydrogen-bond donors (Lipinski definition) is 3. The van der Waals surface area contributed by atoms with Crippen LogP contribution in [-0.2, 0) is 9.59 Å². The van der Waals surface area contributed by atoms with Gasteiger partial charge in [0.2, 0.25) is 0 Å². The average molecular weight is 257 g/mol. The van der Waals surface area contributed by atoms with Gasteiger partial charge in [-0.15, -0.1) is 0 Å². The summed E-state index contributed by atoms with van der Waals surface area (Å²) >= 11 is 0. The summed E-state index contributed by atoms with van der Waals surface area (Å²) in [5.74, 6) is 0.271. The van der Waals surface area contributed by atoms with Gasteiger partial charge in [0.15, 0.2) is 0 Å². The molecular weight excluding hydrogens is 230 g/mol. The Morgan fingerprint density at radius 1 is 0.833 bits per heavy atom. The molecule has 5 nitrogen and oxygen atoms in total. The first-order valence-corrected chi connectivity index (χ1v) is 5.53. The number of Topliss-reactive ketones (excluding diaryl/α,β-unsaturated/α-hetero) is 2. The number of hydrogen-bond acceptors (Lipinski definition) is 5. The van der Waals surface area contributed by atoms with Gasteiger partial charge < -0.3 is 20.9 Å². The maximum atomic E-state index is 10.3. The topological polar surface area (TPSA) is 93.9 Å². The van der Waals surface area contributed by atoms with E-state index in [1.807, 2.05) is 0 Å². The highest BCUT2D eigenvalue weighted by molar-refractivity contribution is 5.84. The quantitative estimate of drug-likeness (QED) is 0.610. The molecule has 0 unspecified atom stereocenters. The highest BCUT2D eigenvalue weighted by Gasteiger charge is 1.92. The molecule has 0 bridgehead atoms. The van der Waals surface area contributed by atoms with Crippen molar-refractivity contribution in [2.24, 2.45) is 0 Å². The Hall–Kier alpha value is -1.36. The second-order valence-corrected chi connectivity index (χ2v) is 4.07. The van der Waals surface area contributed by atoms with E-state index in [4.69, 9.17) is 10.8 Å². The Morgan fingerprint density at radius 3 is 1.56 bits per heavy atom. The van der Waals surface area contributed by atoms with Crippen molar-refractivity contribution in [2.75, 3.05) is 13.1 Å². The van der Waals surface area contributed by atoms with Crippen LogP contribution >= 0.6 is 0 Å². The molecule has 0 fully saturated rings. The Balaban J connectivity index is -0.000000238. The maximum absolute atomic E-state index is 10.3. The highest BCUT2D eigenvalue weighted by atomic mass is 16.1. The fourth-order valence-electron chi connectivity index (χ4n) is 0.790. The molecule has 0 aromatic heterocycles. The fraction of sp³-hybridized carbons (Fsp3) is 0.692. The van der Waals surface area contributed by atoms with Crippen LogP contribution < -0.4 is 5.32 Å². The molecule has 0 aliphatic heterocycles. The van der Waals surface area contributed by atoms with Crippen molar-refractivity contribution in [1.29, 1.82) is 10.8 Å². The van der Waals surface area contributed by atoms with Crippen LogP contribution in [0.4, 0.5) is 0 Å². The lowest BCUT2D eigenvalue weighted by Gasteiger charge is -1.97. The smallest absolute Gasteiger partial charge is 0.143 e. The largest absolute Gasteiger partial charge is 0.310 e. The van der Waals surface area contributed by atoms with Crippen LogP contribution in [0, 0.1) is 10.8 Å². The predicted molar refractivity (Wildman–Crippen MR) is 77.0 cm³/mol. The van der Waals surface area contributed by atoms with E-state index in [2.05, 4.69) is 5.32 Å². The van der Waals surface area contributed by atoms with Gasteiger partial charge in [-0.1, -0.05) is 7.43 Å². The van der Waals surface area contributed by atoms with Gasteiger partial charge in [-0.3, -0.25) is 4.79 Å². The van der Waals surface area contributed by atoms with Crippen LogP contribution in [0.15, 0.2) is 0 Å². The lowest BCUT2D eigenvalue weighted by Crippen LogP contribution is -2.25. The molecule has 0 saturated heterocycles. The predicted octanol–water partition coefficient (Wildman–Crippen LogP) is 2.24. The van der Waals surface area contributed by atoms with E-state index < -0.39 is 0 Å². The van der Waals surface area contributed by atoms with Crippen molar-refractivity contribution in [2.45, 2.75) is 48.0 Å². The van der Waals surface area contributed by atoms with Gasteiger partial charge in [0.1, 0.15) is 11.6 Å². The SMILES string of the molecule is C.CC(=N)CCC(C)=O.CC(=N)CNCC(C)=O. The van der Waals surface area contributed by atoms with Crippen molar-refractivity contribution < 1.29 is 9.59 Å². The molecule has 0 aliphatic rings. The lowest BCUT2D eigenvalue weighted by atomic mass is 10.2. The Bertz CT molecular complexity index is 258. The van der Waals surface area contributed by atoms with Crippen LogP contribution in [0.2, 0.25) is 0 Å². The van der Waals surface area contributed by atoms with Crippen molar-refractivity contribution >= 4 is 23.0 Å². The molecule has 0 heterocycles. The van der Waals surface area contributed by atoms with Crippen LogP contribution in [0.5, 0.6) is 0 Å². The second kappa shape index (κ2) is 13.7. The minimum Gasteiger partial charge on any atom is -0.310 e. The number of ketones is 2. The van der Waals surface area contributed by atoms with E-state index in [-0.39, 0.29) is 19.0 Å². The Morgan fingerprint density at radius 2 is 1.33 bits per heavy atom. The van der Waals surface area contributed by atoms with Gasteiger partial charge in [-0.2, -0.15) is 0 Å². The molecule has 0 aromatic rings. The molecule has 0 aromatic carbocycles. The van der Waals surface area contributed by atoms with Gasteiger partial charge in [0.25, 0.3) is 0 Å². The molecule has 0 radical (unpaired) electrons. The first kappa shape index (κ1) is 21.9. The summed E-state index contributed by atoms with van der Waals surface area (Å²) in [4.78, 5) is 20.5. The minimum absolute atomic E-state index is 0. The molecule has 106 valence electrons. The lowest BCUT2D eigenvalue weighted by molar-refractivity contribution is -0.117. The van der Waals surface area contributed by atoms with E-state index in [1.165, 1.54) is 6.92 Å². The van der Waals surface area contributed by atoms with Gasteiger partial charge in [-0.05, 0) is 34.1 Å². The average Bonchev–Trinajstić information content (AvgIpc) is 2.14. The Kier molecular flexibility index (Phi) is 16.7. The Labute approximate surface area is 110 Å². The number of rotatable bonds is 7. The summed E-state index contributed by atoms with van der Waals surface area (Å²) in [6, 6.07) is 0. The van der Waals surface area contributed by atoms with E-state index in [9.17, 15) is 9.59 Å². The number of carbonyl (C=O) groups is 2. The molecule has 0 saturated carbocycles. The molecule has 0 amide bonds. The third-order valence-electron chi connectivity index (χ3n) is 1.62. The molecule has 5 heteroatoms. The van der Waals surface area contributed by atoms with Crippen molar-refractivity contribution in [1.82, 2.24) is 5.32 Å². The van der Waals surface area contributed by atoms with Crippen molar-refractivity contribution in [3.63, 3.8) is 0 Å². The fourth-order valence-corrected chi connectivity index (χ4v) is 0.790. The summed E-state index contributed by atoms with van der Waals surface area (Å²) in [5.41, 5.74) is 1.14. The summed E-state index contributed by atoms with van der Waals surface area (Å²) in [6.07, 6.45) is 1.14. The standard InChI is InChI=1S/C6H12N2O.C6H11NO.CH4/c1-5(7)3-8-4-6(2)9;1-5(7)3-4-6(2)8;/h7-8H,3-4H2,1-2H3;7H,3-4H2,1-2H3;1H4. The number of carbonyl (C=O) groups excluding carboxylic acids is 2. The van der Waals surface area contributed by atoms with Gasteiger partial charge >= 0.3 is 0 Å². The first-order chi connectivity index (χ1) is 7.75. The van der Waals surface area contributed by atoms with Crippen LogP contribution in [-0.4, -0.2) is 36.1 Å². The molecule has 0 atom stereocenters. The van der Waals surface area contributed by atoms with Crippen LogP contribution in [0.3, 0.4) is 0 Å². The van der Waals surface area contributed by atoms with Crippen molar-refractivity contribution in [3.8, 4) is 0 Å². The van der Waals surface area contributed by atoms with Gasteiger partial charge in [-0.25, -0.2) is 0 Å². The van der Waals surface area contributed by atoms with Crippen LogP contribution in [0.1, 0.15) is 48.0 Å². The summed E-state index contributed by atoms with van der Waals surface area (Å²) in [7, 11) is 0. The third kappa shape index (κ3) is 29.3. The third-order valence-corrected chi connectivity index (χ3v) is 1.62. The minimum atomic E-state index is 0. The monoisotopic (exact) mass is 257 g/mol. The maximum Gasteiger partial charge on any atom is 0.143 e. The molecule has 18 heavy (non-hydrogen) atoms. The number of nitrogens with one attached hydrogen (secondary N) is 3. The van der Waals surface area contributed by atoms with E-state index in [0.717, 1.165) is 0 Å². The first-order valence-electron chi connectivity index (χ1n) is 5.53. The van der Waals surface area contributed by atoms with Gasteiger partial charge in [0, 0.05) is 24.4 Å². The molecule has 0 aliphatic carbocycles.